The lowest BCUT2D eigenvalue weighted by Crippen LogP contribution is -2.35. The lowest BCUT2D eigenvalue weighted by atomic mass is 9.88. The van der Waals surface area contributed by atoms with E-state index in [4.69, 9.17) is 5.73 Å². The first-order chi connectivity index (χ1) is 8.75. The van der Waals surface area contributed by atoms with Crippen molar-refractivity contribution in [3.05, 3.63) is 23.8 Å². The molecule has 2 aliphatic rings. The van der Waals surface area contributed by atoms with Gasteiger partial charge in [-0.1, -0.05) is 19.3 Å². The van der Waals surface area contributed by atoms with Gasteiger partial charge in [0.15, 0.2) is 0 Å². The van der Waals surface area contributed by atoms with E-state index in [1.807, 2.05) is 23.1 Å². The Kier molecular flexibility index (Phi) is 2.98. The van der Waals surface area contributed by atoms with Crippen LogP contribution in [0.4, 0.5) is 11.4 Å². The zero-order valence-corrected chi connectivity index (χ0v) is 10.7. The van der Waals surface area contributed by atoms with E-state index in [-0.39, 0.29) is 5.92 Å². The first kappa shape index (κ1) is 11.6. The number of fused-ring (bicyclic) bond motifs is 1. The summed E-state index contributed by atoms with van der Waals surface area (Å²) in [5.74, 6) is 0.584. The molecule has 2 N–H and O–H groups in total. The van der Waals surface area contributed by atoms with Gasteiger partial charge in [0.1, 0.15) is 0 Å². The van der Waals surface area contributed by atoms with Crippen molar-refractivity contribution in [3.8, 4) is 0 Å². The minimum absolute atomic E-state index is 0.252. The number of hydrogen-bond acceptors (Lipinski definition) is 2. The van der Waals surface area contributed by atoms with E-state index < -0.39 is 0 Å². The molecule has 0 bridgehead atoms. The van der Waals surface area contributed by atoms with Gasteiger partial charge in [-0.05, 0) is 43.0 Å². The van der Waals surface area contributed by atoms with Gasteiger partial charge in [-0.25, -0.2) is 0 Å². The molecule has 0 unspecified atom stereocenters. The summed E-state index contributed by atoms with van der Waals surface area (Å²) in [6.07, 6.45) is 6.78. The second kappa shape index (κ2) is 4.63. The molecule has 3 heteroatoms. The van der Waals surface area contributed by atoms with Gasteiger partial charge in [-0.3, -0.25) is 4.79 Å². The fraction of sp³-hybridized carbons (Fsp3) is 0.533. The summed E-state index contributed by atoms with van der Waals surface area (Å²) >= 11 is 0. The SMILES string of the molecule is Nc1ccc2c(c1)CCN2C(=O)C1CCCCC1. The van der Waals surface area contributed by atoms with Crippen LogP contribution in [0.1, 0.15) is 37.7 Å². The number of nitrogens with two attached hydrogens (primary N) is 1. The Morgan fingerprint density at radius 3 is 2.78 bits per heavy atom. The smallest absolute Gasteiger partial charge is 0.230 e. The average molecular weight is 244 g/mol. The van der Waals surface area contributed by atoms with Gasteiger partial charge in [0, 0.05) is 23.8 Å². The summed E-state index contributed by atoms with van der Waals surface area (Å²) in [6.45, 7) is 0.828. The molecule has 0 saturated heterocycles. The Labute approximate surface area is 108 Å². The summed E-state index contributed by atoms with van der Waals surface area (Å²) in [4.78, 5) is 14.5. The molecule has 0 atom stereocenters. The van der Waals surface area contributed by atoms with E-state index in [1.54, 1.807) is 0 Å². The number of rotatable bonds is 1. The molecule has 96 valence electrons. The van der Waals surface area contributed by atoms with Crippen molar-refractivity contribution in [2.24, 2.45) is 5.92 Å². The Morgan fingerprint density at radius 2 is 2.00 bits per heavy atom. The molecule has 1 aromatic rings. The van der Waals surface area contributed by atoms with Crippen LogP contribution in [0.3, 0.4) is 0 Å². The second-order valence-electron chi connectivity index (χ2n) is 5.46. The van der Waals surface area contributed by atoms with Gasteiger partial charge in [0.2, 0.25) is 5.91 Å². The fourth-order valence-electron chi connectivity index (χ4n) is 3.22. The largest absolute Gasteiger partial charge is 0.399 e. The molecular weight excluding hydrogens is 224 g/mol. The van der Waals surface area contributed by atoms with Gasteiger partial charge >= 0.3 is 0 Å². The zero-order chi connectivity index (χ0) is 12.5. The summed E-state index contributed by atoms with van der Waals surface area (Å²) in [6, 6.07) is 5.90. The quantitative estimate of drug-likeness (QED) is 0.772. The minimum atomic E-state index is 0.252. The number of anilines is 2. The number of hydrogen-bond donors (Lipinski definition) is 1. The summed E-state index contributed by atoms with van der Waals surface area (Å²) in [5, 5.41) is 0. The lowest BCUT2D eigenvalue weighted by Gasteiger charge is -2.26. The highest BCUT2D eigenvalue weighted by Gasteiger charge is 2.30. The van der Waals surface area contributed by atoms with Crippen LogP contribution in [0.15, 0.2) is 18.2 Å². The Morgan fingerprint density at radius 1 is 1.22 bits per heavy atom. The third-order valence-corrected chi connectivity index (χ3v) is 4.22. The zero-order valence-electron chi connectivity index (χ0n) is 10.7. The van der Waals surface area contributed by atoms with E-state index in [1.165, 1.54) is 24.8 Å². The maximum Gasteiger partial charge on any atom is 0.230 e. The summed E-state index contributed by atoms with van der Waals surface area (Å²) in [5.41, 5.74) is 8.89. The highest BCUT2D eigenvalue weighted by molar-refractivity contribution is 5.97. The molecule has 1 fully saturated rings. The highest BCUT2D eigenvalue weighted by atomic mass is 16.2. The van der Waals surface area contributed by atoms with Crippen LogP contribution < -0.4 is 10.6 Å². The van der Waals surface area contributed by atoms with Gasteiger partial charge in [0.25, 0.3) is 0 Å². The normalized spacial score (nSPS) is 19.9. The predicted octanol–water partition coefficient (Wildman–Crippen LogP) is 2.74. The molecule has 1 saturated carbocycles. The number of carbonyl (C=O) groups excluding carboxylic acids is 1. The number of nitrogens with zero attached hydrogens (tertiary/aromatic N) is 1. The van der Waals surface area contributed by atoms with Crippen LogP contribution in [0.5, 0.6) is 0 Å². The maximum atomic E-state index is 12.5. The minimum Gasteiger partial charge on any atom is -0.399 e. The number of benzene rings is 1. The Balaban J connectivity index is 1.80. The van der Waals surface area contributed by atoms with Crippen molar-refractivity contribution < 1.29 is 4.79 Å². The third-order valence-electron chi connectivity index (χ3n) is 4.22. The number of nitrogen functional groups attached to an aromatic ring is 1. The van der Waals surface area contributed by atoms with Crippen LogP contribution in [0, 0.1) is 5.92 Å². The third kappa shape index (κ3) is 1.98. The Bertz CT molecular complexity index is 464. The van der Waals surface area contributed by atoms with Crippen LogP contribution in [0.25, 0.3) is 0 Å². The fourth-order valence-corrected chi connectivity index (χ4v) is 3.22. The molecular formula is C15H20N2O. The standard InChI is InChI=1S/C15H20N2O/c16-13-6-7-14-12(10-13)8-9-17(14)15(18)11-4-2-1-3-5-11/h6-7,10-11H,1-5,8-9,16H2. The molecule has 1 aromatic carbocycles. The van der Waals surface area contributed by atoms with Crippen LogP contribution in [-0.4, -0.2) is 12.5 Å². The molecule has 3 nitrogen and oxygen atoms in total. The van der Waals surface area contributed by atoms with E-state index in [9.17, 15) is 4.79 Å². The summed E-state index contributed by atoms with van der Waals surface area (Å²) < 4.78 is 0. The van der Waals surface area contributed by atoms with Gasteiger partial charge in [0.05, 0.1) is 0 Å². The van der Waals surface area contributed by atoms with E-state index in [0.717, 1.165) is 37.2 Å². The predicted molar refractivity (Wildman–Crippen MR) is 73.5 cm³/mol. The van der Waals surface area contributed by atoms with Crippen molar-refractivity contribution in [3.63, 3.8) is 0 Å². The van der Waals surface area contributed by atoms with Gasteiger partial charge in [-0.15, -0.1) is 0 Å². The molecule has 1 aliphatic carbocycles. The molecule has 0 aromatic heterocycles. The van der Waals surface area contributed by atoms with Crippen molar-refractivity contribution >= 4 is 17.3 Å². The summed E-state index contributed by atoms with van der Waals surface area (Å²) in [7, 11) is 0. The first-order valence-electron chi connectivity index (χ1n) is 6.95. The molecule has 1 aliphatic heterocycles. The van der Waals surface area contributed by atoms with E-state index in [0.29, 0.717) is 5.91 Å². The monoisotopic (exact) mass is 244 g/mol. The van der Waals surface area contributed by atoms with Crippen molar-refractivity contribution in [2.45, 2.75) is 38.5 Å². The molecule has 1 heterocycles. The topological polar surface area (TPSA) is 46.3 Å². The molecule has 0 radical (unpaired) electrons. The lowest BCUT2D eigenvalue weighted by molar-refractivity contribution is -0.123. The molecule has 0 spiro atoms. The molecule has 18 heavy (non-hydrogen) atoms. The maximum absolute atomic E-state index is 12.5. The van der Waals surface area contributed by atoms with Gasteiger partial charge in [-0.2, -0.15) is 0 Å². The first-order valence-corrected chi connectivity index (χ1v) is 6.95. The van der Waals surface area contributed by atoms with Crippen molar-refractivity contribution in [2.75, 3.05) is 17.2 Å². The van der Waals surface area contributed by atoms with Crippen molar-refractivity contribution in [1.82, 2.24) is 0 Å². The molecule has 3 rings (SSSR count). The molecule has 1 amide bonds. The second-order valence-corrected chi connectivity index (χ2v) is 5.46. The van der Waals surface area contributed by atoms with Crippen molar-refractivity contribution in [1.29, 1.82) is 0 Å². The Hall–Kier alpha value is -1.51. The van der Waals surface area contributed by atoms with E-state index >= 15 is 0 Å². The number of carbonyl (C=O) groups is 1. The highest BCUT2D eigenvalue weighted by Crippen LogP contribution is 2.33. The van der Waals surface area contributed by atoms with E-state index in [2.05, 4.69) is 0 Å². The average Bonchev–Trinajstić information content (AvgIpc) is 2.81. The van der Waals surface area contributed by atoms with Crippen LogP contribution in [0.2, 0.25) is 0 Å². The van der Waals surface area contributed by atoms with Crippen LogP contribution in [-0.2, 0) is 11.2 Å². The number of amides is 1. The van der Waals surface area contributed by atoms with Crippen LogP contribution >= 0.6 is 0 Å². The van der Waals surface area contributed by atoms with Gasteiger partial charge < -0.3 is 10.6 Å².